The zero-order valence-corrected chi connectivity index (χ0v) is 15.8. The van der Waals surface area contributed by atoms with E-state index in [4.69, 9.17) is 4.74 Å². The first-order valence-electron chi connectivity index (χ1n) is 8.74. The number of urea groups is 1. The molecule has 7 nitrogen and oxygen atoms in total. The Hall–Kier alpha value is -3.94. The lowest BCUT2D eigenvalue weighted by Crippen LogP contribution is -2.19. The number of rotatable bonds is 5. The Kier molecular flexibility index (Phi) is 6.03. The number of hydrogen-bond donors (Lipinski definition) is 3. The van der Waals surface area contributed by atoms with Gasteiger partial charge in [-0.25, -0.2) is 9.18 Å². The van der Waals surface area contributed by atoms with Gasteiger partial charge in [0.25, 0.3) is 5.91 Å². The van der Waals surface area contributed by atoms with Crippen LogP contribution >= 0.6 is 0 Å². The molecule has 3 rings (SSSR count). The molecule has 8 heteroatoms. The minimum atomic E-state index is -0.493. The molecular formula is C21H19FN4O3. The zero-order chi connectivity index (χ0) is 20.8. The van der Waals surface area contributed by atoms with Gasteiger partial charge in [0.05, 0.1) is 0 Å². The van der Waals surface area contributed by atoms with E-state index in [0.29, 0.717) is 28.4 Å². The van der Waals surface area contributed by atoms with Crippen LogP contribution in [0.2, 0.25) is 0 Å². The van der Waals surface area contributed by atoms with Gasteiger partial charge >= 0.3 is 6.03 Å². The van der Waals surface area contributed by atoms with E-state index >= 15 is 0 Å². The van der Waals surface area contributed by atoms with Crippen molar-refractivity contribution in [3.05, 3.63) is 77.9 Å². The van der Waals surface area contributed by atoms with Crippen LogP contribution in [-0.2, 0) is 0 Å². The number of aryl methyl sites for hydroxylation is 1. The van der Waals surface area contributed by atoms with Crippen LogP contribution in [0.1, 0.15) is 16.1 Å². The highest BCUT2D eigenvalue weighted by molar-refractivity contribution is 5.99. The lowest BCUT2D eigenvalue weighted by molar-refractivity contribution is 0.0958. The highest BCUT2D eigenvalue weighted by Gasteiger charge is 2.08. The maximum absolute atomic E-state index is 13.4. The molecule has 0 unspecified atom stereocenters. The van der Waals surface area contributed by atoms with Crippen molar-refractivity contribution in [3.8, 4) is 11.5 Å². The Morgan fingerprint density at radius 1 is 0.931 bits per heavy atom. The van der Waals surface area contributed by atoms with Gasteiger partial charge in [-0.15, -0.1) is 0 Å². The third-order valence-corrected chi connectivity index (χ3v) is 3.84. The number of carbonyl (C=O) groups is 2. The molecule has 3 N–H and O–H groups in total. The predicted molar refractivity (Wildman–Crippen MR) is 108 cm³/mol. The second-order valence-electron chi connectivity index (χ2n) is 6.18. The third kappa shape index (κ3) is 5.52. The van der Waals surface area contributed by atoms with Crippen molar-refractivity contribution in [2.75, 3.05) is 17.7 Å². The summed E-state index contributed by atoms with van der Waals surface area (Å²) in [6, 6.07) is 13.6. The normalized spacial score (nSPS) is 10.2. The van der Waals surface area contributed by atoms with Gasteiger partial charge in [0.2, 0.25) is 0 Å². The fourth-order valence-electron chi connectivity index (χ4n) is 2.57. The number of pyridine rings is 1. The quantitative estimate of drug-likeness (QED) is 0.601. The van der Waals surface area contributed by atoms with Crippen LogP contribution in [-0.4, -0.2) is 24.0 Å². The van der Waals surface area contributed by atoms with Crippen LogP contribution in [0, 0.1) is 12.7 Å². The lowest BCUT2D eigenvalue weighted by atomic mass is 10.2. The topological polar surface area (TPSA) is 92.4 Å². The Bertz CT molecular complexity index is 1020. The van der Waals surface area contributed by atoms with E-state index < -0.39 is 11.8 Å². The molecule has 29 heavy (non-hydrogen) atoms. The Morgan fingerprint density at radius 2 is 1.66 bits per heavy atom. The first kappa shape index (κ1) is 19.8. The van der Waals surface area contributed by atoms with Gasteiger partial charge in [-0.05, 0) is 61.0 Å². The first-order chi connectivity index (χ1) is 13.9. The molecular weight excluding hydrogens is 375 g/mol. The maximum atomic E-state index is 13.4. The summed E-state index contributed by atoms with van der Waals surface area (Å²) in [7, 11) is 1.52. The van der Waals surface area contributed by atoms with Crippen molar-refractivity contribution in [2.24, 2.45) is 0 Å². The Labute approximate surface area is 166 Å². The number of benzene rings is 2. The predicted octanol–water partition coefficient (Wildman–Crippen LogP) is 4.33. The van der Waals surface area contributed by atoms with Gasteiger partial charge in [-0.3, -0.25) is 9.78 Å². The number of nitrogens with one attached hydrogen (secondary N) is 3. The van der Waals surface area contributed by atoms with Crippen molar-refractivity contribution in [2.45, 2.75) is 6.92 Å². The Morgan fingerprint density at radius 3 is 2.34 bits per heavy atom. The molecule has 0 atom stereocenters. The SMILES string of the molecule is CNC(=O)c1cc(Oc2ccc(NC(=O)Nc3cc(C)cc(F)c3)cc2)ccn1. The number of hydrogen-bond acceptors (Lipinski definition) is 4. The van der Waals surface area contributed by atoms with Crippen LogP contribution in [0.4, 0.5) is 20.6 Å². The maximum Gasteiger partial charge on any atom is 0.323 e. The summed E-state index contributed by atoms with van der Waals surface area (Å²) in [4.78, 5) is 27.7. The van der Waals surface area contributed by atoms with Gasteiger partial charge in [0.1, 0.15) is 23.0 Å². The number of carbonyl (C=O) groups excluding carboxylic acids is 2. The minimum Gasteiger partial charge on any atom is -0.457 e. The third-order valence-electron chi connectivity index (χ3n) is 3.84. The largest absolute Gasteiger partial charge is 0.457 e. The smallest absolute Gasteiger partial charge is 0.323 e. The number of anilines is 2. The van der Waals surface area contributed by atoms with Crippen molar-refractivity contribution < 1.29 is 18.7 Å². The van der Waals surface area contributed by atoms with Crippen molar-refractivity contribution in [1.29, 1.82) is 0 Å². The van der Waals surface area contributed by atoms with E-state index in [2.05, 4.69) is 20.9 Å². The van der Waals surface area contributed by atoms with E-state index in [-0.39, 0.29) is 11.6 Å². The molecule has 1 heterocycles. The second-order valence-corrected chi connectivity index (χ2v) is 6.18. The van der Waals surface area contributed by atoms with E-state index in [1.54, 1.807) is 43.3 Å². The van der Waals surface area contributed by atoms with E-state index in [1.165, 1.54) is 31.4 Å². The number of aromatic nitrogens is 1. The van der Waals surface area contributed by atoms with E-state index in [0.717, 1.165) is 0 Å². The Balaban J connectivity index is 1.61. The van der Waals surface area contributed by atoms with Crippen LogP contribution in [0.15, 0.2) is 60.8 Å². The van der Waals surface area contributed by atoms with Gasteiger partial charge in [-0.2, -0.15) is 0 Å². The summed E-state index contributed by atoms with van der Waals surface area (Å²) in [5.74, 6) is 0.247. The summed E-state index contributed by atoms with van der Waals surface area (Å²) in [6.07, 6.45) is 1.48. The van der Waals surface area contributed by atoms with Gasteiger partial charge in [-0.1, -0.05) is 0 Å². The fraction of sp³-hybridized carbons (Fsp3) is 0.0952. The van der Waals surface area contributed by atoms with E-state index in [9.17, 15) is 14.0 Å². The summed E-state index contributed by atoms with van der Waals surface area (Å²) < 4.78 is 19.1. The number of ether oxygens (including phenoxy) is 1. The number of nitrogens with zero attached hydrogens (tertiary/aromatic N) is 1. The van der Waals surface area contributed by atoms with Crippen LogP contribution in [0.5, 0.6) is 11.5 Å². The molecule has 2 aromatic carbocycles. The first-order valence-corrected chi connectivity index (χ1v) is 8.74. The average molecular weight is 394 g/mol. The highest BCUT2D eigenvalue weighted by atomic mass is 19.1. The van der Waals surface area contributed by atoms with Crippen molar-refractivity contribution in [1.82, 2.24) is 10.3 Å². The average Bonchev–Trinajstić information content (AvgIpc) is 2.68. The molecule has 0 aliphatic carbocycles. The molecule has 0 fully saturated rings. The molecule has 1 aromatic heterocycles. The van der Waals surface area contributed by atoms with Gasteiger partial charge in [0, 0.05) is 30.7 Å². The molecule has 0 radical (unpaired) electrons. The zero-order valence-electron chi connectivity index (χ0n) is 15.8. The monoisotopic (exact) mass is 394 g/mol. The van der Waals surface area contributed by atoms with Crippen LogP contribution in [0.3, 0.4) is 0 Å². The van der Waals surface area contributed by atoms with E-state index in [1.807, 2.05) is 0 Å². The molecule has 0 saturated heterocycles. The highest BCUT2D eigenvalue weighted by Crippen LogP contribution is 2.23. The molecule has 0 saturated carbocycles. The number of amides is 3. The standard InChI is InChI=1S/C21H19FN4O3/c1-13-9-14(22)11-16(10-13)26-21(28)25-15-3-5-17(6-4-15)29-18-7-8-24-19(12-18)20(27)23-2/h3-12H,1-2H3,(H,23,27)(H2,25,26,28). The molecule has 0 aliphatic rings. The molecule has 3 amide bonds. The molecule has 3 aromatic rings. The molecule has 148 valence electrons. The lowest BCUT2D eigenvalue weighted by Gasteiger charge is -2.10. The molecule has 0 bridgehead atoms. The van der Waals surface area contributed by atoms with Crippen LogP contribution in [0.25, 0.3) is 0 Å². The van der Waals surface area contributed by atoms with Crippen LogP contribution < -0.4 is 20.7 Å². The van der Waals surface area contributed by atoms with Crippen molar-refractivity contribution in [3.63, 3.8) is 0 Å². The fourth-order valence-corrected chi connectivity index (χ4v) is 2.57. The van der Waals surface area contributed by atoms with Gasteiger partial charge < -0.3 is 20.7 Å². The summed E-state index contributed by atoms with van der Waals surface area (Å²) in [6.45, 7) is 1.74. The second kappa shape index (κ2) is 8.83. The van der Waals surface area contributed by atoms with Gasteiger partial charge in [0.15, 0.2) is 0 Å². The summed E-state index contributed by atoms with van der Waals surface area (Å²) in [5, 5.41) is 7.74. The minimum absolute atomic E-state index is 0.243. The molecule has 0 spiro atoms. The molecule has 0 aliphatic heterocycles. The number of halogens is 1. The summed E-state index contributed by atoms with van der Waals surface area (Å²) in [5.41, 5.74) is 1.85. The van der Waals surface area contributed by atoms with Crippen molar-refractivity contribution >= 4 is 23.3 Å². The summed E-state index contributed by atoms with van der Waals surface area (Å²) >= 11 is 0.